The molecule has 4 rings (SSSR count). The second kappa shape index (κ2) is 11.1. The van der Waals surface area contributed by atoms with Crippen molar-refractivity contribution in [2.45, 2.75) is 50.4 Å². The van der Waals surface area contributed by atoms with Gasteiger partial charge in [-0.2, -0.15) is 11.8 Å². The first kappa shape index (κ1) is 24.3. The number of aryl methyl sites for hydroxylation is 1. The highest BCUT2D eigenvalue weighted by molar-refractivity contribution is 7.99. The van der Waals surface area contributed by atoms with E-state index in [1.807, 2.05) is 54.6 Å². The Morgan fingerprint density at radius 2 is 1.88 bits per heavy atom. The van der Waals surface area contributed by atoms with Crippen molar-refractivity contribution in [1.29, 1.82) is 0 Å². The van der Waals surface area contributed by atoms with E-state index in [0.717, 1.165) is 16.7 Å². The van der Waals surface area contributed by atoms with Crippen molar-refractivity contribution >= 4 is 29.6 Å². The Morgan fingerprint density at radius 3 is 2.62 bits per heavy atom. The summed E-state index contributed by atoms with van der Waals surface area (Å²) >= 11 is 1.56. The predicted molar refractivity (Wildman–Crippen MR) is 131 cm³/mol. The van der Waals surface area contributed by atoms with Crippen molar-refractivity contribution in [2.24, 2.45) is 0 Å². The van der Waals surface area contributed by atoms with Gasteiger partial charge in [-0.15, -0.1) is 0 Å². The molecule has 0 spiro atoms. The fraction of sp³-hybridized carbons (Fsp3) is 0.423. The Balaban J connectivity index is 1.63. The molecule has 2 heterocycles. The quantitative estimate of drug-likeness (QED) is 0.559. The van der Waals surface area contributed by atoms with Gasteiger partial charge in [-0.1, -0.05) is 54.6 Å². The summed E-state index contributed by atoms with van der Waals surface area (Å²) in [4.78, 5) is 40.2. The molecule has 1 unspecified atom stereocenters. The van der Waals surface area contributed by atoms with Gasteiger partial charge >= 0.3 is 11.9 Å². The van der Waals surface area contributed by atoms with Gasteiger partial charge in [0.25, 0.3) is 0 Å². The van der Waals surface area contributed by atoms with Crippen LogP contribution in [0.5, 0.6) is 0 Å². The number of nitrogens with one attached hydrogen (secondary N) is 1. The van der Waals surface area contributed by atoms with Gasteiger partial charge in [-0.3, -0.25) is 14.9 Å². The number of carboxylic acid groups (broad SMARTS) is 1. The lowest BCUT2D eigenvalue weighted by molar-refractivity contribution is -0.153. The Bertz CT molecular complexity index is 1030. The minimum Gasteiger partial charge on any atom is -0.480 e. The van der Waals surface area contributed by atoms with Crippen LogP contribution in [-0.2, 0) is 32.0 Å². The molecule has 2 aliphatic rings. The van der Waals surface area contributed by atoms with E-state index in [9.17, 15) is 19.5 Å². The minimum atomic E-state index is -1.00. The van der Waals surface area contributed by atoms with Crippen LogP contribution < -0.4 is 5.32 Å². The van der Waals surface area contributed by atoms with Crippen molar-refractivity contribution in [2.75, 3.05) is 18.1 Å². The Morgan fingerprint density at radius 1 is 1.15 bits per heavy atom. The van der Waals surface area contributed by atoms with E-state index in [2.05, 4.69) is 5.32 Å². The molecule has 0 radical (unpaired) electrons. The van der Waals surface area contributed by atoms with E-state index in [1.165, 1.54) is 4.90 Å². The number of fused-ring (bicyclic) bond motifs is 3. The zero-order valence-corrected chi connectivity index (χ0v) is 20.0. The lowest BCUT2D eigenvalue weighted by Crippen LogP contribution is -2.58. The SMILES string of the molecule is CCOC(=O)C(CCc1ccccc1)N[C@H]1Cc2ccccc2[C@H]2CSC[C@@H](C(=O)O)N2C1=O. The van der Waals surface area contributed by atoms with Gasteiger partial charge in [0.2, 0.25) is 5.91 Å². The highest BCUT2D eigenvalue weighted by Crippen LogP contribution is 2.38. The van der Waals surface area contributed by atoms with Crippen LogP contribution in [-0.4, -0.2) is 64.1 Å². The Kier molecular flexibility index (Phi) is 7.90. The molecule has 4 atom stereocenters. The molecule has 0 saturated carbocycles. The molecule has 1 amide bonds. The largest absolute Gasteiger partial charge is 0.480 e. The summed E-state index contributed by atoms with van der Waals surface area (Å²) in [6.07, 6.45) is 1.51. The van der Waals surface area contributed by atoms with Crippen LogP contribution in [0.15, 0.2) is 54.6 Å². The smallest absolute Gasteiger partial charge is 0.327 e. The lowest BCUT2D eigenvalue weighted by Gasteiger charge is -2.40. The first-order valence-corrected chi connectivity index (χ1v) is 12.8. The van der Waals surface area contributed by atoms with Crippen LogP contribution in [0.25, 0.3) is 0 Å². The second-order valence-corrected chi connectivity index (χ2v) is 9.68. The Labute approximate surface area is 203 Å². The van der Waals surface area contributed by atoms with E-state index >= 15 is 0 Å². The minimum absolute atomic E-state index is 0.246. The first-order valence-electron chi connectivity index (χ1n) is 11.7. The number of ether oxygens (including phenoxy) is 1. The molecular weight excluding hydrogens is 452 g/mol. The number of nitrogens with zero attached hydrogens (tertiary/aromatic N) is 1. The zero-order chi connectivity index (χ0) is 24.1. The van der Waals surface area contributed by atoms with Gasteiger partial charge in [-0.05, 0) is 42.9 Å². The second-order valence-electron chi connectivity index (χ2n) is 8.60. The third-order valence-electron chi connectivity index (χ3n) is 6.44. The van der Waals surface area contributed by atoms with Gasteiger partial charge in [0.05, 0.1) is 18.7 Å². The van der Waals surface area contributed by atoms with E-state index in [-0.39, 0.29) is 18.6 Å². The molecule has 1 saturated heterocycles. The molecule has 1 fully saturated rings. The molecule has 2 N–H and O–H groups in total. The van der Waals surface area contributed by atoms with E-state index < -0.39 is 30.1 Å². The summed E-state index contributed by atoms with van der Waals surface area (Å²) in [5.41, 5.74) is 3.07. The number of amides is 1. The average molecular weight is 483 g/mol. The third-order valence-corrected chi connectivity index (χ3v) is 7.54. The molecule has 180 valence electrons. The number of aliphatic carboxylic acids is 1. The van der Waals surface area contributed by atoms with Crippen LogP contribution in [0.1, 0.15) is 36.1 Å². The molecule has 34 heavy (non-hydrogen) atoms. The maximum Gasteiger partial charge on any atom is 0.327 e. The van der Waals surface area contributed by atoms with Crippen molar-refractivity contribution in [1.82, 2.24) is 10.2 Å². The van der Waals surface area contributed by atoms with Crippen LogP contribution >= 0.6 is 11.8 Å². The van der Waals surface area contributed by atoms with Crippen LogP contribution in [0, 0.1) is 0 Å². The maximum atomic E-state index is 13.8. The molecule has 2 aliphatic heterocycles. The number of hydrogen-bond acceptors (Lipinski definition) is 6. The van der Waals surface area contributed by atoms with E-state index in [4.69, 9.17) is 4.74 Å². The van der Waals surface area contributed by atoms with Crippen LogP contribution in [0.2, 0.25) is 0 Å². The summed E-state index contributed by atoms with van der Waals surface area (Å²) in [7, 11) is 0. The number of benzene rings is 2. The molecule has 2 aromatic carbocycles. The van der Waals surface area contributed by atoms with Crippen molar-refractivity contribution in [3.05, 3.63) is 71.3 Å². The highest BCUT2D eigenvalue weighted by Gasteiger charge is 2.45. The topological polar surface area (TPSA) is 95.9 Å². The van der Waals surface area contributed by atoms with Gasteiger partial charge in [-0.25, -0.2) is 4.79 Å². The number of hydrogen-bond donors (Lipinski definition) is 2. The van der Waals surface area contributed by atoms with Gasteiger partial charge < -0.3 is 14.7 Å². The summed E-state index contributed by atoms with van der Waals surface area (Å²) < 4.78 is 5.31. The zero-order valence-electron chi connectivity index (χ0n) is 19.2. The first-order chi connectivity index (χ1) is 16.5. The molecular formula is C26H30N2O5S. The number of carboxylic acids is 1. The average Bonchev–Trinajstić information content (AvgIpc) is 2.97. The van der Waals surface area contributed by atoms with Crippen LogP contribution in [0.3, 0.4) is 0 Å². The van der Waals surface area contributed by atoms with Crippen molar-refractivity contribution in [3.63, 3.8) is 0 Å². The number of carbonyl (C=O) groups excluding carboxylic acids is 2. The third kappa shape index (κ3) is 5.28. The maximum absolute atomic E-state index is 13.8. The van der Waals surface area contributed by atoms with E-state index in [1.54, 1.807) is 18.7 Å². The number of esters is 1. The van der Waals surface area contributed by atoms with Crippen molar-refractivity contribution < 1.29 is 24.2 Å². The standard InChI is InChI=1S/C26H30N2O5S/c1-2-33-26(32)20(13-12-17-8-4-3-5-9-17)27-21-14-18-10-6-7-11-19(18)22-15-34-16-23(25(30)31)28(22)24(21)29/h3-11,20-23,27H,2,12-16H2,1H3,(H,30,31)/t20?,21-,22+,23-/m0/s1. The van der Waals surface area contributed by atoms with Crippen LogP contribution in [0.4, 0.5) is 0 Å². The summed E-state index contributed by atoms with van der Waals surface area (Å²) in [5.74, 6) is -0.682. The number of thioether (sulfide) groups is 1. The number of rotatable bonds is 8. The van der Waals surface area contributed by atoms with Gasteiger partial charge in [0, 0.05) is 11.5 Å². The van der Waals surface area contributed by atoms with E-state index in [0.29, 0.717) is 30.8 Å². The molecule has 0 aromatic heterocycles. The molecule has 8 heteroatoms. The lowest BCUT2D eigenvalue weighted by atomic mass is 9.97. The number of carbonyl (C=O) groups is 3. The summed E-state index contributed by atoms with van der Waals surface area (Å²) in [5, 5.41) is 13.1. The summed E-state index contributed by atoms with van der Waals surface area (Å²) in [6.45, 7) is 2.00. The molecule has 0 bridgehead atoms. The summed E-state index contributed by atoms with van der Waals surface area (Å²) in [6, 6.07) is 15.1. The predicted octanol–water partition coefficient (Wildman–Crippen LogP) is 2.84. The highest BCUT2D eigenvalue weighted by atomic mass is 32.2. The van der Waals surface area contributed by atoms with Crippen molar-refractivity contribution in [3.8, 4) is 0 Å². The van der Waals surface area contributed by atoms with Gasteiger partial charge in [0.1, 0.15) is 12.1 Å². The fourth-order valence-electron chi connectivity index (χ4n) is 4.78. The molecule has 7 nitrogen and oxygen atoms in total. The monoisotopic (exact) mass is 482 g/mol. The molecule has 2 aromatic rings. The normalized spacial score (nSPS) is 22.8. The van der Waals surface area contributed by atoms with Gasteiger partial charge in [0.15, 0.2) is 0 Å². The fourth-order valence-corrected chi connectivity index (χ4v) is 6.01. The molecule has 0 aliphatic carbocycles. The Hall–Kier alpha value is -2.84.